The molecular weight excluding hydrogens is 212 g/mol. The van der Waals surface area contributed by atoms with Gasteiger partial charge in [0.1, 0.15) is 6.54 Å². The number of carbonyl (C=O) groups is 1. The summed E-state index contributed by atoms with van der Waals surface area (Å²) < 4.78 is 5.86. The molecule has 0 radical (unpaired) electrons. The molecule has 6 nitrogen and oxygen atoms in total. The van der Waals surface area contributed by atoms with E-state index in [1.54, 1.807) is 0 Å². The Labute approximate surface area is 91.9 Å². The Hall–Kier alpha value is -1.59. The maximum absolute atomic E-state index is 11.3. The quantitative estimate of drug-likeness (QED) is 0.829. The van der Waals surface area contributed by atoms with Gasteiger partial charge < -0.3 is 9.52 Å². The standard InChI is InChI=1S/C10H14N2O4/c13-8(14)6-12-10(15)16-9(11-12)7-4-2-1-3-5-7/h7H,1-6H2,(H,13,14). The van der Waals surface area contributed by atoms with Crippen LogP contribution in [-0.2, 0) is 11.3 Å². The third-order valence-corrected chi connectivity index (χ3v) is 2.86. The normalized spacial score (nSPS) is 17.5. The van der Waals surface area contributed by atoms with Gasteiger partial charge >= 0.3 is 11.7 Å². The number of aromatic nitrogens is 2. The zero-order valence-electron chi connectivity index (χ0n) is 8.89. The Balaban J connectivity index is 2.16. The molecule has 0 unspecified atom stereocenters. The van der Waals surface area contributed by atoms with Crippen molar-refractivity contribution in [2.45, 2.75) is 44.6 Å². The van der Waals surface area contributed by atoms with Gasteiger partial charge in [0.15, 0.2) is 0 Å². The average Bonchev–Trinajstić information content (AvgIpc) is 2.61. The van der Waals surface area contributed by atoms with Crippen LogP contribution in [0.25, 0.3) is 0 Å². The summed E-state index contributed by atoms with van der Waals surface area (Å²) >= 11 is 0. The van der Waals surface area contributed by atoms with Gasteiger partial charge in [0.2, 0.25) is 5.89 Å². The summed E-state index contributed by atoms with van der Waals surface area (Å²) in [4.78, 5) is 21.8. The van der Waals surface area contributed by atoms with Crippen LogP contribution in [0.4, 0.5) is 0 Å². The molecule has 1 aliphatic carbocycles. The Bertz CT molecular complexity index is 428. The van der Waals surface area contributed by atoms with Crippen LogP contribution in [0.2, 0.25) is 0 Å². The largest absolute Gasteiger partial charge is 0.480 e. The molecule has 16 heavy (non-hydrogen) atoms. The van der Waals surface area contributed by atoms with Gasteiger partial charge in [-0.1, -0.05) is 19.3 Å². The highest BCUT2D eigenvalue weighted by Gasteiger charge is 2.22. The van der Waals surface area contributed by atoms with E-state index in [1.165, 1.54) is 6.42 Å². The summed E-state index contributed by atoms with van der Waals surface area (Å²) in [6.07, 6.45) is 5.36. The summed E-state index contributed by atoms with van der Waals surface area (Å²) in [6.45, 7) is -0.435. The number of aliphatic carboxylic acids is 1. The number of rotatable bonds is 3. The molecule has 1 heterocycles. The first-order valence-electron chi connectivity index (χ1n) is 5.46. The second-order valence-electron chi connectivity index (χ2n) is 4.09. The lowest BCUT2D eigenvalue weighted by Gasteiger charge is -2.17. The Morgan fingerprint density at radius 3 is 2.75 bits per heavy atom. The van der Waals surface area contributed by atoms with E-state index < -0.39 is 18.3 Å². The highest BCUT2D eigenvalue weighted by Crippen LogP contribution is 2.30. The lowest BCUT2D eigenvalue weighted by atomic mass is 9.89. The van der Waals surface area contributed by atoms with Crippen LogP contribution in [0.5, 0.6) is 0 Å². The summed E-state index contributed by atoms with van der Waals surface area (Å²) in [7, 11) is 0. The molecule has 0 spiro atoms. The van der Waals surface area contributed by atoms with Crippen LogP contribution in [0, 0.1) is 0 Å². The van der Waals surface area contributed by atoms with E-state index >= 15 is 0 Å². The second kappa shape index (κ2) is 4.51. The molecular formula is C10H14N2O4. The van der Waals surface area contributed by atoms with E-state index in [9.17, 15) is 9.59 Å². The molecule has 1 aromatic heterocycles. The van der Waals surface area contributed by atoms with Crippen molar-refractivity contribution in [3.8, 4) is 0 Å². The second-order valence-corrected chi connectivity index (χ2v) is 4.09. The zero-order chi connectivity index (χ0) is 11.5. The van der Waals surface area contributed by atoms with Crippen LogP contribution < -0.4 is 5.76 Å². The van der Waals surface area contributed by atoms with Crippen LogP contribution in [0.1, 0.15) is 43.9 Å². The topological polar surface area (TPSA) is 85.3 Å². The molecule has 1 aromatic rings. The molecule has 1 N–H and O–H groups in total. The Kier molecular flexibility index (Phi) is 3.07. The van der Waals surface area contributed by atoms with Crippen LogP contribution in [0.15, 0.2) is 9.21 Å². The number of carboxylic acids is 1. The molecule has 0 aromatic carbocycles. The SMILES string of the molecule is O=C(O)Cn1nc(C2CCCCC2)oc1=O. The maximum atomic E-state index is 11.3. The highest BCUT2D eigenvalue weighted by molar-refractivity contribution is 5.66. The first-order chi connectivity index (χ1) is 7.66. The highest BCUT2D eigenvalue weighted by atomic mass is 16.4. The van der Waals surface area contributed by atoms with Gasteiger partial charge in [0.05, 0.1) is 0 Å². The van der Waals surface area contributed by atoms with Crippen molar-refractivity contribution in [1.82, 2.24) is 9.78 Å². The number of nitrogens with zero attached hydrogens (tertiary/aromatic N) is 2. The zero-order valence-corrected chi connectivity index (χ0v) is 8.89. The molecule has 0 bridgehead atoms. The molecule has 0 saturated heterocycles. The minimum atomic E-state index is -1.09. The Morgan fingerprint density at radius 1 is 1.44 bits per heavy atom. The van der Waals surface area contributed by atoms with Crippen LogP contribution in [0.3, 0.4) is 0 Å². The lowest BCUT2D eigenvalue weighted by molar-refractivity contribution is -0.138. The molecule has 2 rings (SSSR count). The van der Waals surface area contributed by atoms with Crippen molar-refractivity contribution >= 4 is 5.97 Å². The van der Waals surface area contributed by atoms with Gasteiger partial charge in [-0.05, 0) is 12.8 Å². The fraction of sp³-hybridized carbons (Fsp3) is 0.700. The van der Waals surface area contributed by atoms with E-state index in [4.69, 9.17) is 9.52 Å². The van der Waals surface area contributed by atoms with Gasteiger partial charge in [-0.3, -0.25) is 4.79 Å². The summed E-state index contributed by atoms with van der Waals surface area (Å²) in [5.74, 6) is -1.20. The first kappa shape index (κ1) is 10.9. The molecule has 0 atom stereocenters. The van der Waals surface area contributed by atoms with Crippen molar-refractivity contribution in [3.63, 3.8) is 0 Å². The lowest BCUT2D eigenvalue weighted by Crippen LogP contribution is -2.21. The number of hydrogen-bond acceptors (Lipinski definition) is 4. The van der Waals surface area contributed by atoms with Crippen molar-refractivity contribution in [1.29, 1.82) is 0 Å². The van der Waals surface area contributed by atoms with Crippen LogP contribution >= 0.6 is 0 Å². The third-order valence-electron chi connectivity index (χ3n) is 2.86. The van der Waals surface area contributed by atoms with Crippen LogP contribution in [-0.4, -0.2) is 20.9 Å². The van der Waals surface area contributed by atoms with E-state index in [-0.39, 0.29) is 5.92 Å². The van der Waals surface area contributed by atoms with E-state index in [0.29, 0.717) is 5.89 Å². The molecule has 1 saturated carbocycles. The predicted octanol–water partition coefficient (Wildman–Crippen LogP) is 0.969. The van der Waals surface area contributed by atoms with Crippen molar-refractivity contribution in [3.05, 3.63) is 16.4 Å². The average molecular weight is 226 g/mol. The molecule has 6 heteroatoms. The third kappa shape index (κ3) is 2.32. The summed E-state index contributed by atoms with van der Waals surface area (Å²) in [5.41, 5.74) is 0. The molecule has 0 amide bonds. The minimum Gasteiger partial charge on any atom is -0.480 e. The maximum Gasteiger partial charge on any atom is 0.437 e. The fourth-order valence-corrected chi connectivity index (χ4v) is 2.06. The minimum absolute atomic E-state index is 0.177. The summed E-state index contributed by atoms with van der Waals surface area (Å²) in [6, 6.07) is 0. The molecule has 1 aliphatic rings. The smallest absolute Gasteiger partial charge is 0.437 e. The number of carboxylic acid groups (broad SMARTS) is 1. The van der Waals surface area contributed by atoms with Gasteiger partial charge in [0.25, 0.3) is 0 Å². The Morgan fingerprint density at radius 2 is 2.12 bits per heavy atom. The number of hydrogen-bond donors (Lipinski definition) is 1. The first-order valence-corrected chi connectivity index (χ1v) is 5.46. The van der Waals surface area contributed by atoms with E-state index in [1.807, 2.05) is 0 Å². The molecule has 0 aliphatic heterocycles. The predicted molar refractivity (Wildman–Crippen MR) is 54.2 cm³/mol. The summed E-state index contributed by atoms with van der Waals surface area (Å²) in [5, 5.41) is 12.5. The fourth-order valence-electron chi connectivity index (χ4n) is 2.06. The molecule has 88 valence electrons. The van der Waals surface area contributed by atoms with E-state index in [2.05, 4.69) is 5.10 Å². The van der Waals surface area contributed by atoms with Crippen molar-refractivity contribution in [2.24, 2.45) is 0 Å². The van der Waals surface area contributed by atoms with Gasteiger partial charge in [-0.25, -0.2) is 4.79 Å². The van der Waals surface area contributed by atoms with E-state index in [0.717, 1.165) is 30.4 Å². The van der Waals surface area contributed by atoms with Gasteiger partial charge in [-0.2, -0.15) is 4.68 Å². The monoisotopic (exact) mass is 226 g/mol. The van der Waals surface area contributed by atoms with Crippen molar-refractivity contribution < 1.29 is 14.3 Å². The van der Waals surface area contributed by atoms with Gasteiger partial charge in [-0.15, -0.1) is 5.10 Å². The van der Waals surface area contributed by atoms with Crippen molar-refractivity contribution in [2.75, 3.05) is 0 Å². The van der Waals surface area contributed by atoms with Gasteiger partial charge in [0, 0.05) is 5.92 Å². The molecule has 1 fully saturated rings.